The fourth-order valence-corrected chi connectivity index (χ4v) is 2.43. The first-order valence-electron chi connectivity index (χ1n) is 6.14. The molecule has 2 rings (SSSR count). The van der Waals surface area contributed by atoms with E-state index < -0.39 is 5.97 Å². The molecule has 2 N–H and O–H groups in total. The van der Waals surface area contributed by atoms with E-state index >= 15 is 0 Å². The highest BCUT2D eigenvalue weighted by Crippen LogP contribution is 2.29. The number of amides is 1. The summed E-state index contributed by atoms with van der Waals surface area (Å²) in [6.45, 7) is 1.99. The third-order valence-corrected chi connectivity index (χ3v) is 3.41. The molecular weight excluding hydrogens is 230 g/mol. The van der Waals surface area contributed by atoms with E-state index in [0.29, 0.717) is 12.8 Å². The van der Waals surface area contributed by atoms with Crippen LogP contribution in [0.2, 0.25) is 0 Å². The zero-order chi connectivity index (χ0) is 13.1. The van der Waals surface area contributed by atoms with E-state index in [1.165, 1.54) is 0 Å². The monoisotopic (exact) mass is 247 g/mol. The molecule has 0 aromatic heterocycles. The van der Waals surface area contributed by atoms with Crippen molar-refractivity contribution >= 4 is 11.9 Å². The Bertz CT molecular complexity index is 453. The second kappa shape index (κ2) is 5.21. The zero-order valence-corrected chi connectivity index (χ0v) is 10.3. The van der Waals surface area contributed by atoms with Crippen molar-refractivity contribution in [2.75, 3.05) is 0 Å². The summed E-state index contributed by atoms with van der Waals surface area (Å²) in [5.41, 5.74) is 2.12. The largest absolute Gasteiger partial charge is 0.481 e. The molecule has 1 aromatic carbocycles. The predicted octanol–water partition coefficient (Wildman–Crippen LogP) is 1.83. The molecule has 0 bridgehead atoms. The minimum Gasteiger partial charge on any atom is -0.481 e. The summed E-state index contributed by atoms with van der Waals surface area (Å²) < 4.78 is 0. The molecule has 2 atom stereocenters. The number of rotatable bonds is 4. The lowest BCUT2D eigenvalue weighted by atomic mass is 9.87. The Morgan fingerprint density at radius 2 is 2.11 bits per heavy atom. The predicted molar refractivity (Wildman–Crippen MR) is 67.3 cm³/mol. The molecule has 1 fully saturated rings. The van der Waals surface area contributed by atoms with Crippen molar-refractivity contribution in [1.29, 1.82) is 0 Å². The molecule has 18 heavy (non-hydrogen) atoms. The van der Waals surface area contributed by atoms with Crippen LogP contribution in [-0.4, -0.2) is 23.0 Å². The van der Waals surface area contributed by atoms with Crippen molar-refractivity contribution in [3.63, 3.8) is 0 Å². The lowest BCUT2D eigenvalue weighted by Gasteiger charge is -2.22. The summed E-state index contributed by atoms with van der Waals surface area (Å²) in [7, 11) is 0. The molecule has 0 aliphatic carbocycles. The van der Waals surface area contributed by atoms with E-state index in [1.54, 1.807) is 0 Å². The maximum atomic E-state index is 11.3. The highest BCUT2D eigenvalue weighted by molar-refractivity contribution is 5.79. The van der Waals surface area contributed by atoms with Gasteiger partial charge in [-0.1, -0.05) is 29.8 Å². The third kappa shape index (κ3) is 2.88. The van der Waals surface area contributed by atoms with Gasteiger partial charge >= 0.3 is 5.97 Å². The summed E-state index contributed by atoms with van der Waals surface area (Å²) in [5.74, 6) is -0.959. The Morgan fingerprint density at radius 1 is 1.44 bits per heavy atom. The van der Waals surface area contributed by atoms with Gasteiger partial charge in [0.1, 0.15) is 0 Å². The molecule has 1 amide bonds. The molecule has 1 aliphatic rings. The highest BCUT2D eigenvalue weighted by atomic mass is 16.4. The van der Waals surface area contributed by atoms with Crippen LogP contribution in [-0.2, 0) is 9.59 Å². The number of hydrogen-bond acceptors (Lipinski definition) is 2. The summed E-state index contributed by atoms with van der Waals surface area (Å²) in [6, 6.07) is 7.79. The van der Waals surface area contributed by atoms with Crippen molar-refractivity contribution in [3.8, 4) is 0 Å². The summed E-state index contributed by atoms with van der Waals surface area (Å²) in [4.78, 5) is 22.2. The number of aliphatic carboxylic acids is 1. The Balaban J connectivity index is 2.21. The Morgan fingerprint density at radius 3 is 2.61 bits per heavy atom. The van der Waals surface area contributed by atoms with Crippen LogP contribution in [0, 0.1) is 6.92 Å². The standard InChI is InChI=1S/C14H17NO3/c1-9-2-4-10(5-3-9)11(8-14(17)18)12-6-7-13(16)15-12/h2-5,11-12H,6-8H2,1H3,(H,15,16)(H,17,18). The molecule has 1 aliphatic heterocycles. The van der Waals surface area contributed by atoms with E-state index in [4.69, 9.17) is 5.11 Å². The van der Waals surface area contributed by atoms with E-state index in [1.807, 2.05) is 31.2 Å². The molecule has 0 saturated carbocycles. The van der Waals surface area contributed by atoms with Crippen molar-refractivity contribution in [3.05, 3.63) is 35.4 Å². The molecular formula is C14H17NO3. The fourth-order valence-electron chi connectivity index (χ4n) is 2.43. The molecule has 2 unspecified atom stereocenters. The number of carboxylic acid groups (broad SMARTS) is 1. The van der Waals surface area contributed by atoms with Crippen LogP contribution in [0.15, 0.2) is 24.3 Å². The molecule has 1 saturated heterocycles. The van der Waals surface area contributed by atoms with Crippen molar-refractivity contribution in [2.45, 2.75) is 38.1 Å². The normalized spacial score (nSPS) is 20.5. The fraction of sp³-hybridized carbons (Fsp3) is 0.429. The van der Waals surface area contributed by atoms with Crippen LogP contribution < -0.4 is 5.32 Å². The molecule has 4 nitrogen and oxygen atoms in total. The maximum Gasteiger partial charge on any atom is 0.304 e. The Labute approximate surface area is 106 Å². The van der Waals surface area contributed by atoms with Crippen LogP contribution in [0.25, 0.3) is 0 Å². The van der Waals surface area contributed by atoms with Gasteiger partial charge in [0, 0.05) is 18.4 Å². The SMILES string of the molecule is Cc1ccc(C(CC(=O)O)C2CCC(=O)N2)cc1. The molecule has 1 heterocycles. The number of nitrogens with one attached hydrogen (secondary N) is 1. The zero-order valence-electron chi connectivity index (χ0n) is 10.3. The first kappa shape index (κ1) is 12.6. The van der Waals surface area contributed by atoms with Gasteiger partial charge in [0.15, 0.2) is 0 Å². The lowest BCUT2D eigenvalue weighted by Crippen LogP contribution is -2.32. The molecule has 0 radical (unpaired) electrons. The van der Waals surface area contributed by atoms with Gasteiger partial charge in [0.05, 0.1) is 6.42 Å². The van der Waals surface area contributed by atoms with Crippen molar-refractivity contribution < 1.29 is 14.7 Å². The van der Waals surface area contributed by atoms with Gasteiger partial charge in [-0.25, -0.2) is 0 Å². The van der Waals surface area contributed by atoms with Gasteiger partial charge in [0.2, 0.25) is 5.91 Å². The number of carboxylic acids is 1. The van der Waals surface area contributed by atoms with E-state index in [2.05, 4.69) is 5.32 Å². The van der Waals surface area contributed by atoms with E-state index in [0.717, 1.165) is 11.1 Å². The summed E-state index contributed by atoms with van der Waals surface area (Å²) in [5, 5.41) is 11.9. The van der Waals surface area contributed by atoms with Gasteiger partial charge in [0.25, 0.3) is 0 Å². The topological polar surface area (TPSA) is 66.4 Å². The van der Waals surface area contributed by atoms with Gasteiger partial charge in [-0.05, 0) is 18.9 Å². The quantitative estimate of drug-likeness (QED) is 0.853. The van der Waals surface area contributed by atoms with Crippen molar-refractivity contribution in [1.82, 2.24) is 5.32 Å². The van der Waals surface area contributed by atoms with Gasteiger partial charge in [-0.2, -0.15) is 0 Å². The Kier molecular flexibility index (Phi) is 3.65. The van der Waals surface area contributed by atoms with Gasteiger partial charge in [-0.15, -0.1) is 0 Å². The van der Waals surface area contributed by atoms with Crippen LogP contribution >= 0.6 is 0 Å². The average molecular weight is 247 g/mol. The van der Waals surface area contributed by atoms with Crippen LogP contribution in [0.4, 0.5) is 0 Å². The average Bonchev–Trinajstić information content (AvgIpc) is 2.74. The molecule has 0 spiro atoms. The number of aryl methyl sites for hydroxylation is 1. The summed E-state index contributed by atoms with van der Waals surface area (Å²) in [6.07, 6.45) is 1.26. The molecule has 96 valence electrons. The first-order chi connectivity index (χ1) is 8.56. The van der Waals surface area contributed by atoms with Crippen LogP contribution in [0.1, 0.15) is 36.3 Å². The summed E-state index contributed by atoms with van der Waals surface area (Å²) >= 11 is 0. The highest BCUT2D eigenvalue weighted by Gasteiger charge is 2.31. The number of hydrogen-bond donors (Lipinski definition) is 2. The first-order valence-corrected chi connectivity index (χ1v) is 6.14. The van der Waals surface area contributed by atoms with Crippen molar-refractivity contribution in [2.24, 2.45) is 0 Å². The van der Waals surface area contributed by atoms with Gasteiger partial charge in [-0.3, -0.25) is 9.59 Å². The number of benzene rings is 1. The maximum absolute atomic E-state index is 11.3. The van der Waals surface area contributed by atoms with Crippen LogP contribution in [0.5, 0.6) is 0 Å². The number of carbonyl (C=O) groups is 2. The van der Waals surface area contributed by atoms with E-state index in [9.17, 15) is 9.59 Å². The third-order valence-electron chi connectivity index (χ3n) is 3.41. The lowest BCUT2D eigenvalue weighted by molar-refractivity contribution is -0.137. The second-order valence-electron chi connectivity index (χ2n) is 4.83. The minimum absolute atomic E-state index is 0.0162. The van der Waals surface area contributed by atoms with Crippen LogP contribution in [0.3, 0.4) is 0 Å². The smallest absolute Gasteiger partial charge is 0.304 e. The van der Waals surface area contributed by atoms with Gasteiger partial charge < -0.3 is 10.4 Å². The second-order valence-corrected chi connectivity index (χ2v) is 4.83. The number of carbonyl (C=O) groups excluding carboxylic acids is 1. The molecule has 1 aromatic rings. The minimum atomic E-state index is -0.832. The van der Waals surface area contributed by atoms with E-state index in [-0.39, 0.29) is 24.3 Å². The molecule has 4 heteroatoms. The Hall–Kier alpha value is -1.84.